The van der Waals surface area contributed by atoms with Gasteiger partial charge in [-0.3, -0.25) is 9.59 Å². The predicted molar refractivity (Wildman–Crippen MR) is 94.7 cm³/mol. The summed E-state index contributed by atoms with van der Waals surface area (Å²) >= 11 is 0. The fourth-order valence-electron chi connectivity index (χ4n) is 2.84. The van der Waals surface area contributed by atoms with E-state index in [0.717, 1.165) is 13.1 Å². The molecule has 2 heterocycles. The van der Waals surface area contributed by atoms with Gasteiger partial charge >= 0.3 is 0 Å². The van der Waals surface area contributed by atoms with Crippen LogP contribution in [0.5, 0.6) is 0 Å². The molecular weight excluding hydrogens is 322 g/mol. The van der Waals surface area contributed by atoms with Gasteiger partial charge in [0.15, 0.2) is 0 Å². The molecule has 0 saturated carbocycles. The first-order chi connectivity index (χ1) is 12.1. The minimum absolute atomic E-state index is 0.0574. The van der Waals surface area contributed by atoms with Crippen molar-refractivity contribution >= 4 is 28.5 Å². The van der Waals surface area contributed by atoms with E-state index in [9.17, 15) is 9.59 Å². The molecule has 1 aromatic carbocycles. The number of furan rings is 1. The Morgan fingerprint density at radius 3 is 2.64 bits per heavy atom. The van der Waals surface area contributed by atoms with Crippen molar-refractivity contribution in [2.45, 2.75) is 6.92 Å². The van der Waals surface area contributed by atoms with E-state index in [1.54, 1.807) is 11.0 Å². The highest BCUT2D eigenvalue weighted by molar-refractivity contribution is 6.11. The molecule has 7 heteroatoms. The number of ether oxygens (including phenoxy) is 1. The van der Waals surface area contributed by atoms with Crippen molar-refractivity contribution in [2.24, 2.45) is 0 Å². The van der Waals surface area contributed by atoms with Gasteiger partial charge in [-0.2, -0.15) is 0 Å². The van der Waals surface area contributed by atoms with Crippen LogP contribution in [0.15, 0.2) is 28.7 Å². The number of nitrogens with one attached hydrogen (secondary N) is 1. The summed E-state index contributed by atoms with van der Waals surface area (Å²) in [6.45, 7) is 5.13. The van der Waals surface area contributed by atoms with Crippen LogP contribution in [0, 0.1) is 0 Å². The zero-order valence-electron chi connectivity index (χ0n) is 14.6. The summed E-state index contributed by atoms with van der Waals surface area (Å²) in [5.41, 5.74) is 0.996. The smallest absolute Gasteiger partial charge is 0.291 e. The van der Waals surface area contributed by atoms with Gasteiger partial charge in [0.1, 0.15) is 17.9 Å². The number of hydrogen-bond acceptors (Lipinski definition) is 5. The number of carbonyl (C=O) groups excluding carboxylic acids is 2. The average Bonchev–Trinajstić information content (AvgIpc) is 2.98. The maximum absolute atomic E-state index is 12.9. The molecule has 134 valence electrons. The van der Waals surface area contributed by atoms with E-state index < -0.39 is 0 Å². The van der Waals surface area contributed by atoms with Crippen molar-refractivity contribution < 1.29 is 18.7 Å². The zero-order chi connectivity index (χ0) is 17.8. The van der Waals surface area contributed by atoms with Crippen LogP contribution in [0.1, 0.15) is 17.5 Å². The summed E-state index contributed by atoms with van der Waals surface area (Å²) in [7, 11) is 2.03. The average molecular weight is 345 g/mol. The molecule has 1 aromatic heterocycles. The third kappa shape index (κ3) is 3.83. The Balaban J connectivity index is 1.89. The number of likely N-dealkylation sites (N-methyl/N-ethyl adjacent to an activating group) is 1. The van der Waals surface area contributed by atoms with Crippen molar-refractivity contribution in [3.63, 3.8) is 0 Å². The molecule has 1 saturated heterocycles. The van der Waals surface area contributed by atoms with E-state index in [0.29, 0.717) is 36.4 Å². The number of piperazine rings is 1. The Hall–Kier alpha value is -2.38. The van der Waals surface area contributed by atoms with E-state index in [4.69, 9.17) is 9.15 Å². The summed E-state index contributed by atoms with van der Waals surface area (Å²) in [6.07, 6.45) is 0. The van der Waals surface area contributed by atoms with Gasteiger partial charge < -0.3 is 24.3 Å². The topological polar surface area (TPSA) is 75.0 Å². The molecule has 25 heavy (non-hydrogen) atoms. The molecule has 1 N–H and O–H groups in total. The molecule has 1 fully saturated rings. The van der Waals surface area contributed by atoms with Crippen LogP contribution in [-0.4, -0.2) is 68.1 Å². The summed E-state index contributed by atoms with van der Waals surface area (Å²) in [5, 5.41) is 3.49. The molecule has 0 bridgehead atoms. The lowest BCUT2D eigenvalue weighted by Gasteiger charge is -2.32. The van der Waals surface area contributed by atoms with E-state index in [1.165, 1.54) is 0 Å². The number of hydrogen-bond donors (Lipinski definition) is 1. The van der Waals surface area contributed by atoms with Crippen molar-refractivity contribution in [3.8, 4) is 0 Å². The quantitative estimate of drug-likeness (QED) is 0.894. The van der Waals surface area contributed by atoms with E-state index in [1.807, 2.05) is 32.2 Å². The summed E-state index contributed by atoms with van der Waals surface area (Å²) in [4.78, 5) is 29.0. The van der Waals surface area contributed by atoms with E-state index in [-0.39, 0.29) is 24.2 Å². The zero-order valence-corrected chi connectivity index (χ0v) is 14.6. The highest BCUT2D eigenvalue weighted by Crippen LogP contribution is 2.32. The molecule has 2 amide bonds. The predicted octanol–water partition coefficient (Wildman–Crippen LogP) is 1.80. The number of nitrogens with zero attached hydrogens (tertiary/aromatic N) is 2. The number of carbonyl (C=O) groups is 2. The van der Waals surface area contributed by atoms with Gasteiger partial charge in [-0.1, -0.05) is 12.1 Å². The van der Waals surface area contributed by atoms with Crippen LogP contribution < -0.4 is 5.32 Å². The van der Waals surface area contributed by atoms with Gasteiger partial charge in [0, 0.05) is 38.2 Å². The number of anilines is 1. The van der Waals surface area contributed by atoms with Crippen molar-refractivity contribution in [1.82, 2.24) is 9.80 Å². The molecule has 1 aliphatic rings. The minimum Gasteiger partial charge on any atom is -0.449 e. The summed E-state index contributed by atoms with van der Waals surface area (Å²) < 4.78 is 10.9. The second kappa shape index (κ2) is 7.67. The van der Waals surface area contributed by atoms with Crippen LogP contribution >= 0.6 is 0 Å². The van der Waals surface area contributed by atoms with Crippen molar-refractivity contribution in [3.05, 3.63) is 30.0 Å². The number of rotatable bonds is 5. The van der Waals surface area contributed by atoms with E-state index in [2.05, 4.69) is 10.2 Å². The molecule has 1 aliphatic heterocycles. The van der Waals surface area contributed by atoms with Crippen LogP contribution in [0.25, 0.3) is 11.0 Å². The molecule has 0 unspecified atom stereocenters. The Morgan fingerprint density at radius 2 is 1.92 bits per heavy atom. The van der Waals surface area contributed by atoms with Gasteiger partial charge in [-0.15, -0.1) is 0 Å². The van der Waals surface area contributed by atoms with Crippen LogP contribution in [-0.2, 0) is 9.53 Å². The maximum atomic E-state index is 12.9. The second-order valence-corrected chi connectivity index (χ2v) is 6.08. The van der Waals surface area contributed by atoms with Crippen molar-refractivity contribution in [2.75, 3.05) is 51.8 Å². The Morgan fingerprint density at radius 1 is 1.20 bits per heavy atom. The summed E-state index contributed by atoms with van der Waals surface area (Å²) in [6, 6.07) is 7.30. The monoisotopic (exact) mass is 345 g/mol. The summed E-state index contributed by atoms with van der Waals surface area (Å²) in [5.74, 6) is -0.326. The lowest BCUT2D eigenvalue weighted by molar-refractivity contribution is -0.120. The SMILES string of the molecule is CCOCC(=O)Nc1c(C(=O)N2CCN(C)CC2)oc2ccccc12. The first-order valence-electron chi connectivity index (χ1n) is 8.47. The highest BCUT2D eigenvalue weighted by atomic mass is 16.5. The third-order valence-electron chi connectivity index (χ3n) is 4.28. The first-order valence-corrected chi connectivity index (χ1v) is 8.47. The minimum atomic E-state index is -0.305. The van der Waals surface area contributed by atoms with Gasteiger partial charge in [0.25, 0.3) is 5.91 Å². The van der Waals surface area contributed by atoms with Crippen molar-refractivity contribution in [1.29, 1.82) is 0 Å². The number of para-hydroxylation sites is 1. The number of fused-ring (bicyclic) bond motifs is 1. The van der Waals surface area contributed by atoms with Crippen LogP contribution in [0.4, 0.5) is 5.69 Å². The van der Waals surface area contributed by atoms with Gasteiger partial charge in [0.2, 0.25) is 11.7 Å². The van der Waals surface area contributed by atoms with Crippen LogP contribution in [0.3, 0.4) is 0 Å². The molecular formula is C18H23N3O4. The fourth-order valence-corrected chi connectivity index (χ4v) is 2.84. The number of benzene rings is 1. The molecule has 0 radical (unpaired) electrons. The Kier molecular flexibility index (Phi) is 5.35. The fraction of sp³-hybridized carbons (Fsp3) is 0.444. The van der Waals surface area contributed by atoms with Gasteiger partial charge in [-0.25, -0.2) is 0 Å². The molecule has 0 atom stereocenters. The normalized spacial score (nSPS) is 15.5. The molecule has 0 aliphatic carbocycles. The molecule has 0 spiro atoms. The molecule has 2 aromatic rings. The lowest BCUT2D eigenvalue weighted by atomic mass is 10.2. The van der Waals surface area contributed by atoms with E-state index >= 15 is 0 Å². The first kappa shape index (κ1) is 17.4. The Bertz CT molecular complexity index is 763. The standard InChI is InChI=1S/C18H23N3O4/c1-3-24-12-15(22)19-16-13-6-4-5-7-14(13)25-17(16)18(23)21-10-8-20(2)9-11-21/h4-7H,3,8-12H2,1-2H3,(H,19,22). The maximum Gasteiger partial charge on any atom is 0.291 e. The largest absolute Gasteiger partial charge is 0.449 e. The molecule has 7 nitrogen and oxygen atoms in total. The van der Waals surface area contributed by atoms with Gasteiger partial charge in [-0.05, 0) is 26.1 Å². The number of amides is 2. The highest BCUT2D eigenvalue weighted by Gasteiger charge is 2.28. The molecule has 3 rings (SSSR count). The lowest BCUT2D eigenvalue weighted by Crippen LogP contribution is -2.47. The third-order valence-corrected chi connectivity index (χ3v) is 4.28. The van der Waals surface area contributed by atoms with Crippen LogP contribution in [0.2, 0.25) is 0 Å². The van der Waals surface area contributed by atoms with Gasteiger partial charge in [0.05, 0.1) is 0 Å². The second-order valence-electron chi connectivity index (χ2n) is 6.08. The Labute approximate surface area is 146 Å².